The number of carbonyl (C=O) groups is 1. The zero-order chi connectivity index (χ0) is 12.4. The lowest BCUT2D eigenvalue weighted by Gasteiger charge is -2.26. The molecular weight excluding hydrogens is 248 g/mol. The Morgan fingerprint density at radius 2 is 2.17 bits per heavy atom. The Morgan fingerprint density at radius 1 is 1.33 bits per heavy atom. The van der Waals surface area contributed by atoms with E-state index in [4.69, 9.17) is 0 Å². The van der Waals surface area contributed by atoms with Crippen molar-refractivity contribution in [3.8, 4) is 0 Å². The number of thioether (sulfide) groups is 1. The second-order valence-electron chi connectivity index (χ2n) is 4.12. The highest BCUT2D eigenvalue weighted by atomic mass is 32.2. The number of urea groups is 1. The van der Waals surface area contributed by atoms with Crippen LogP contribution in [0.1, 0.15) is 0 Å². The van der Waals surface area contributed by atoms with Crippen molar-refractivity contribution < 1.29 is 4.79 Å². The molecule has 0 aliphatic carbocycles. The van der Waals surface area contributed by atoms with E-state index in [2.05, 4.69) is 10.4 Å². The van der Waals surface area contributed by atoms with Crippen LogP contribution in [-0.4, -0.2) is 45.1 Å². The highest BCUT2D eigenvalue weighted by molar-refractivity contribution is 7.99. The molecule has 0 aromatic carbocycles. The van der Waals surface area contributed by atoms with Gasteiger partial charge in [0.05, 0.1) is 17.4 Å². The molecule has 3 heterocycles. The van der Waals surface area contributed by atoms with Gasteiger partial charge in [0, 0.05) is 30.8 Å². The van der Waals surface area contributed by atoms with Crippen LogP contribution in [0.2, 0.25) is 0 Å². The highest BCUT2D eigenvalue weighted by Gasteiger charge is 2.17. The van der Waals surface area contributed by atoms with Crippen molar-refractivity contribution in [1.29, 1.82) is 0 Å². The van der Waals surface area contributed by atoms with Crippen molar-refractivity contribution in [3.05, 3.63) is 30.6 Å². The molecule has 0 saturated carbocycles. The number of anilines is 1. The molecule has 1 N–H and O–H groups in total. The second-order valence-corrected chi connectivity index (χ2v) is 5.34. The first kappa shape index (κ1) is 11.4. The molecule has 1 aliphatic rings. The normalized spacial score (nSPS) is 15.9. The van der Waals surface area contributed by atoms with Crippen molar-refractivity contribution in [1.82, 2.24) is 14.5 Å². The summed E-state index contributed by atoms with van der Waals surface area (Å²) < 4.78 is 1.75. The molecule has 1 aliphatic heterocycles. The predicted octanol–water partition coefficient (Wildman–Crippen LogP) is 1.91. The number of hydrogen-bond acceptors (Lipinski definition) is 3. The Morgan fingerprint density at radius 3 is 3.00 bits per heavy atom. The second kappa shape index (κ2) is 4.89. The Labute approximate surface area is 109 Å². The maximum atomic E-state index is 12.1. The van der Waals surface area contributed by atoms with Gasteiger partial charge in [0.1, 0.15) is 0 Å². The van der Waals surface area contributed by atoms with Crippen LogP contribution in [0, 0.1) is 0 Å². The Balaban J connectivity index is 1.77. The summed E-state index contributed by atoms with van der Waals surface area (Å²) in [7, 11) is 0. The first-order valence-corrected chi connectivity index (χ1v) is 7.06. The average molecular weight is 262 g/mol. The van der Waals surface area contributed by atoms with Gasteiger partial charge in [0.25, 0.3) is 0 Å². The Kier molecular flexibility index (Phi) is 3.10. The van der Waals surface area contributed by atoms with Crippen LogP contribution in [0.4, 0.5) is 10.5 Å². The molecular formula is C12H14N4OS. The number of fused-ring (bicyclic) bond motifs is 1. The lowest BCUT2D eigenvalue weighted by atomic mass is 10.3. The van der Waals surface area contributed by atoms with E-state index in [1.54, 1.807) is 10.7 Å². The largest absolute Gasteiger partial charge is 0.323 e. The quantitative estimate of drug-likeness (QED) is 0.854. The fraction of sp³-hybridized carbons (Fsp3) is 0.333. The highest BCUT2D eigenvalue weighted by Crippen LogP contribution is 2.17. The number of aromatic nitrogens is 2. The molecule has 18 heavy (non-hydrogen) atoms. The van der Waals surface area contributed by atoms with Gasteiger partial charge in [-0.15, -0.1) is 0 Å². The summed E-state index contributed by atoms with van der Waals surface area (Å²) in [6.45, 7) is 1.63. The molecule has 1 fully saturated rings. The van der Waals surface area contributed by atoms with E-state index >= 15 is 0 Å². The van der Waals surface area contributed by atoms with Gasteiger partial charge in [0.15, 0.2) is 0 Å². The minimum absolute atomic E-state index is 0.0333. The fourth-order valence-electron chi connectivity index (χ4n) is 1.99. The number of nitrogens with one attached hydrogen (secondary N) is 1. The maximum Gasteiger partial charge on any atom is 0.322 e. The first-order chi connectivity index (χ1) is 8.84. The number of rotatable bonds is 1. The van der Waals surface area contributed by atoms with Gasteiger partial charge in [-0.25, -0.2) is 9.31 Å². The third-order valence-electron chi connectivity index (χ3n) is 2.97. The first-order valence-electron chi connectivity index (χ1n) is 5.90. The molecule has 0 unspecified atom stereocenters. The molecule has 1 saturated heterocycles. The summed E-state index contributed by atoms with van der Waals surface area (Å²) in [4.78, 5) is 13.9. The van der Waals surface area contributed by atoms with E-state index in [1.807, 2.05) is 41.1 Å². The molecule has 94 valence electrons. The van der Waals surface area contributed by atoms with Crippen LogP contribution in [0.5, 0.6) is 0 Å². The third kappa shape index (κ3) is 2.15. The lowest BCUT2D eigenvalue weighted by Crippen LogP contribution is -2.40. The van der Waals surface area contributed by atoms with E-state index in [0.29, 0.717) is 0 Å². The third-order valence-corrected chi connectivity index (χ3v) is 3.91. The van der Waals surface area contributed by atoms with Crippen LogP contribution in [0.25, 0.3) is 5.52 Å². The molecule has 2 amide bonds. The zero-order valence-electron chi connectivity index (χ0n) is 9.87. The van der Waals surface area contributed by atoms with Crippen LogP contribution < -0.4 is 5.32 Å². The van der Waals surface area contributed by atoms with Crippen molar-refractivity contribution in [2.45, 2.75) is 0 Å². The zero-order valence-corrected chi connectivity index (χ0v) is 10.7. The van der Waals surface area contributed by atoms with Crippen molar-refractivity contribution in [2.75, 3.05) is 29.9 Å². The van der Waals surface area contributed by atoms with Gasteiger partial charge in [-0.05, 0) is 12.1 Å². The number of pyridine rings is 1. The molecule has 0 spiro atoms. The van der Waals surface area contributed by atoms with Gasteiger partial charge >= 0.3 is 6.03 Å². The van der Waals surface area contributed by atoms with E-state index in [9.17, 15) is 4.79 Å². The van der Waals surface area contributed by atoms with Crippen molar-refractivity contribution in [3.63, 3.8) is 0 Å². The van der Waals surface area contributed by atoms with E-state index in [-0.39, 0.29) is 6.03 Å². The van der Waals surface area contributed by atoms with Gasteiger partial charge in [-0.3, -0.25) is 0 Å². The van der Waals surface area contributed by atoms with E-state index in [0.717, 1.165) is 35.8 Å². The molecule has 2 aromatic heterocycles. The number of nitrogens with zero attached hydrogens (tertiary/aromatic N) is 3. The summed E-state index contributed by atoms with van der Waals surface area (Å²) in [5, 5.41) is 7.13. The summed E-state index contributed by atoms with van der Waals surface area (Å²) in [5.74, 6) is 2.03. The van der Waals surface area contributed by atoms with E-state index < -0.39 is 0 Å². The summed E-state index contributed by atoms with van der Waals surface area (Å²) in [6.07, 6.45) is 3.55. The minimum Gasteiger partial charge on any atom is -0.323 e. The summed E-state index contributed by atoms with van der Waals surface area (Å²) >= 11 is 1.89. The molecule has 6 heteroatoms. The summed E-state index contributed by atoms with van der Waals surface area (Å²) in [5.41, 5.74) is 1.68. The Bertz CT molecular complexity index is 562. The standard InChI is InChI=1S/C12H14N4OS/c17-12(15-5-7-18-8-6-15)14-10-9-13-16-4-2-1-3-11(10)16/h1-4,9H,5-8H2,(H,14,17). The SMILES string of the molecule is O=C(Nc1cnn2ccccc12)N1CCSCC1. The van der Waals surface area contributed by atoms with Crippen LogP contribution in [-0.2, 0) is 0 Å². The number of hydrogen-bond donors (Lipinski definition) is 1. The van der Waals surface area contributed by atoms with Crippen molar-refractivity contribution >= 4 is 29.0 Å². The topological polar surface area (TPSA) is 49.6 Å². The van der Waals surface area contributed by atoms with Gasteiger partial charge in [-0.1, -0.05) is 6.07 Å². The van der Waals surface area contributed by atoms with Crippen LogP contribution in [0.3, 0.4) is 0 Å². The lowest BCUT2D eigenvalue weighted by molar-refractivity contribution is 0.217. The van der Waals surface area contributed by atoms with Gasteiger partial charge in [0.2, 0.25) is 0 Å². The van der Waals surface area contributed by atoms with Crippen molar-refractivity contribution in [2.24, 2.45) is 0 Å². The molecule has 0 atom stereocenters. The minimum atomic E-state index is -0.0333. The van der Waals surface area contributed by atoms with Crippen LogP contribution >= 0.6 is 11.8 Å². The average Bonchev–Trinajstić information content (AvgIpc) is 2.83. The molecule has 0 radical (unpaired) electrons. The Hall–Kier alpha value is -1.69. The monoisotopic (exact) mass is 262 g/mol. The smallest absolute Gasteiger partial charge is 0.322 e. The molecule has 0 bridgehead atoms. The van der Waals surface area contributed by atoms with Gasteiger partial charge < -0.3 is 10.2 Å². The molecule has 3 rings (SSSR count). The van der Waals surface area contributed by atoms with E-state index in [1.165, 1.54) is 0 Å². The van der Waals surface area contributed by atoms with Gasteiger partial charge in [-0.2, -0.15) is 16.9 Å². The predicted molar refractivity (Wildman–Crippen MR) is 73.1 cm³/mol. The fourth-order valence-corrected chi connectivity index (χ4v) is 2.89. The van der Waals surface area contributed by atoms with Crippen LogP contribution in [0.15, 0.2) is 30.6 Å². The maximum absolute atomic E-state index is 12.1. The number of amides is 2. The number of carbonyl (C=O) groups excluding carboxylic acids is 1. The summed E-state index contributed by atoms with van der Waals surface area (Å²) in [6, 6.07) is 5.75. The molecule has 5 nitrogen and oxygen atoms in total. The molecule has 2 aromatic rings.